The standard InChI is InChI=1S/C16H21NS/c1-14-8-4-5-9-15(14)10-7-13-17-12-6-2-3-11-16(17)18/h4-5,7-10H,2-3,6,11-13H2,1H3/b10-7+. The predicted octanol–water partition coefficient (Wildman–Crippen LogP) is 4.21. The second-order valence-electron chi connectivity index (χ2n) is 4.91. The van der Waals surface area contributed by atoms with Crippen molar-refractivity contribution in [2.24, 2.45) is 0 Å². The van der Waals surface area contributed by atoms with Gasteiger partial charge in [0.25, 0.3) is 0 Å². The molecule has 0 saturated carbocycles. The summed E-state index contributed by atoms with van der Waals surface area (Å²) in [5, 5.41) is 0. The summed E-state index contributed by atoms with van der Waals surface area (Å²) < 4.78 is 0. The number of aryl methyl sites for hydroxylation is 1. The van der Waals surface area contributed by atoms with Crippen LogP contribution in [0.2, 0.25) is 0 Å². The van der Waals surface area contributed by atoms with Crippen LogP contribution in [0.4, 0.5) is 0 Å². The van der Waals surface area contributed by atoms with Crippen molar-refractivity contribution in [3.63, 3.8) is 0 Å². The van der Waals surface area contributed by atoms with E-state index in [4.69, 9.17) is 12.2 Å². The number of likely N-dealkylation sites (tertiary alicyclic amines) is 1. The molecule has 0 unspecified atom stereocenters. The lowest BCUT2D eigenvalue weighted by atomic mass is 10.1. The minimum absolute atomic E-state index is 0.952. The van der Waals surface area contributed by atoms with Gasteiger partial charge in [-0.05, 0) is 37.3 Å². The molecule has 0 aromatic heterocycles. The normalized spacial score (nSPS) is 17.2. The highest BCUT2D eigenvalue weighted by Gasteiger charge is 2.11. The number of thiocarbonyl (C=S) groups is 1. The van der Waals surface area contributed by atoms with Gasteiger partial charge in [-0.15, -0.1) is 0 Å². The first kappa shape index (κ1) is 13.3. The molecular formula is C16H21NS. The molecule has 0 radical (unpaired) electrons. The molecule has 0 spiro atoms. The van der Waals surface area contributed by atoms with E-state index in [1.165, 1.54) is 30.4 Å². The second-order valence-corrected chi connectivity index (χ2v) is 5.38. The lowest BCUT2D eigenvalue weighted by molar-refractivity contribution is 0.462. The van der Waals surface area contributed by atoms with Gasteiger partial charge < -0.3 is 4.90 Å². The monoisotopic (exact) mass is 259 g/mol. The van der Waals surface area contributed by atoms with Crippen LogP contribution in [-0.2, 0) is 0 Å². The summed E-state index contributed by atoms with van der Waals surface area (Å²) in [4.78, 5) is 3.49. The first-order valence-electron chi connectivity index (χ1n) is 6.77. The van der Waals surface area contributed by atoms with E-state index < -0.39 is 0 Å². The molecule has 0 amide bonds. The molecule has 0 bridgehead atoms. The van der Waals surface area contributed by atoms with Crippen LogP contribution in [0.1, 0.15) is 36.8 Å². The first-order valence-corrected chi connectivity index (χ1v) is 7.18. The Hall–Kier alpha value is -1.15. The summed E-state index contributed by atoms with van der Waals surface area (Å²) in [6.45, 7) is 4.22. The van der Waals surface area contributed by atoms with Crippen molar-refractivity contribution in [2.75, 3.05) is 13.1 Å². The fourth-order valence-corrected chi connectivity index (χ4v) is 2.62. The summed E-state index contributed by atoms with van der Waals surface area (Å²) in [6, 6.07) is 8.47. The van der Waals surface area contributed by atoms with Gasteiger partial charge in [0.15, 0.2) is 0 Å². The van der Waals surface area contributed by atoms with E-state index in [0.29, 0.717) is 0 Å². The largest absolute Gasteiger partial charge is 0.362 e. The van der Waals surface area contributed by atoms with Crippen molar-refractivity contribution in [2.45, 2.75) is 32.6 Å². The first-order chi connectivity index (χ1) is 8.77. The van der Waals surface area contributed by atoms with E-state index in [1.54, 1.807) is 0 Å². The third kappa shape index (κ3) is 3.67. The zero-order valence-electron chi connectivity index (χ0n) is 11.1. The van der Waals surface area contributed by atoms with E-state index in [2.05, 4.69) is 48.2 Å². The van der Waals surface area contributed by atoms with Crippen LogP contribution >= 0.6 is 12.2 Å². The van der Waals surface area contributed by atoms with Crippen molar-refractivity contribution in [3.8, 4) is 0 Å². The smallest absolute Gasteiger partial charge is 0.0782 e. The molecule has 0 N–H and O–H groups in total. The van der Waals surface area contributed by atoms with E-state index >= 15 is 0 Å². The lowest BCUT2D eigenvalue weighted by Gasteiger charge is -2.21. The van der Waals surface area contributed by atoms with Gasteiger partial charge in [-0.25, -0.2) is 0 Å². The molecule has 0 atom stereocenters. The Morgan fingerprint density at radius 2 is 2.06 bits per heavy atom. The Morgan fingerprint density at radius 3 is 2.89 bits per heavy atom. The number of benzene rings is 1. The van der Waals surface area contributed by atoms with Gasteiger partial charge in [-0.2, -0.15) is 0 Å². The molecule has 1 nitrogen and oxygen atoms in total. The van der Waals surface area contributed by atoms with Gasteiger partial charge in [-0.1, -0.05) is 55.1 Å². The van der Waals surface area contributed by atoms with Crippen LogP contribution in [0.5, 0.6) is 0 Å². The third-order valence-electron chi connectivity index (χ3n) is 3.48. The maximum Gasteiger partial charge on any atom is 0.0782 e. The molecule has 1 fully saturated rings. The average Bonchev–Trinajstić information content (AvgIpc) is 2.57. The number of hydrogen-bond acceptors (Lipinski definition) is 1. The van der Waals surface area contributed by atoms with Crippen molar-refractivity contribution >= 4 is 23.3 Å². The average molecular weight is 259 g/mol. The molecule has 2 rings (SSSR count). The molecule has 1 aromatic rings. The molecule has 96 valence electrons. The van der Waals surface area contributed by atoms with Crippen LogP contribution in [0.25, 0.3) is 6.08 Å². The quantitative estimate of drug-likeness (QED) is 0.748. The summed E-state index contributed by atoms with van der Waals surface area (Å²) in [5.41, 5.74) is 2.63. The molecule has 1 heterocycles. The third-order valence-corrected chi connectivity index (χ3v) is 3.95. The number of hydrogen-bond donors (Lipinski definition) is 0. The fourth-order valence-electron chi connectivity index (χ4n) is 2.31. The molecule has 1 aromatic carbocycles. The number of rotatable bonds is 3. The van der Waals surface area contributed by atoms with E-state index in [-0.39, 0.29) is 0 Å². The Morgan fingerprint density at radius 1 is 1.22 bits per heavy atom. The van der Waals surface area contributed by atoms with Gasteiger partial charge in [0, 0.05) is 13.1 Å². The zero-order valence-corrected chi connectivity index (χ0v) is 11.9. The highest BCUT2D eigenvalue weighted by Crippen LogP contribution is 2.13. The molecular weight excluding hydrogens is 238 g/mol. The van der Waals surface area contributed by atoms with Gasteiger partial charge in [0.05, 0.1) is 4.99 Å². The minimum Gasteiger partial charge on any atom is -0.362 e. The van der Waals surface area contributed by atoms with Gasteiger partial charge in [0.1, 0.15) is 0 Å². The van der Waals surface area contributed by atoms with Crippen molar-refractivity contribution in [1.29, 1.82) is 0 Å². The topological polar surface area (TPSA) is 3.24 Å². The van der Waals surface area contributed by atoms with Crippen molar-refractivity contribution in [3.05, 3.63) is 41.5 Å². The Bertz CT molecular complexity index is 436. The highest BCUT2D eigenvalue weighted by molar-refractivity contribution is 7.80. The van der Waals surface area contributed by atoms with E-state index in [1.807, 2.05) is 0 Å². The Labute approximate surface area is 116 Å². The van der Waals surface area contributed by atoms with Gasteiger partial charge in [0.2, 0.25) is 0 Å². The van der Waals surface area contributed by atoms with Crippen LogP contribution in [0.15, 0.2) is 30.3 Å². The number of nitrogens with zero attached hydrogens (tertiary/aromatic N) is 1. The molecule has 1 aliphatic rings. The van der Waals surface area contributed by atoms with Gasteiger partial charge in [-0.3, -0.25) is 0 Å². The Kier molecular flexibility index (Phi) is 4.94. The van der Waals surface area contributed by atoms with Gasteiger partial charge >= 0.3 is 0 Å². The minimum atomic E-state index is 0.952. The van der Waals surface area contributed by atoms with Crippen LogP contribution in [-0.4, -0.2) is 23.0 Å². The predicted molar refractivity (Wildman–Crippen MR) is 82.9 cm³/mol. The second kappa shape index (κ2) is 6.69. The van der Waals surface area contributed by atoms with Crippen molar-refractivity contribution in [1.82, 2.24) is 4.90 Å². The summed E-state index contributed by atoms with van der Waals surface area (Å²) in [5.74, 6) is 0. The van der Waals surface area contributed by atoms with E-state index in [0.717, 1.165) is 24.5 Å². The molecule has 1 aliphatic heterocycles. The maximum absolute atomic E-state index is 5.46. The van der Waals surface area contributed by atoms with Crippen molar-refractivity contribution < 1.29 is 0 Å². The summed E-state index contributed by atoms with van der Waals surface area (Å²) in [7, 11) is 0. The molecule has 0 aliphatic carbocycles. The maximum atomic E-state index is 5.46. The molecule has 18 heavy (non-hydrogen) atoms. The van der Waals surface area contributed by atoms with E-state index in [9.17, 15) is 0 Å². The zero-order chi connectivity index (χ0) is 12.8. The summed E-state index contributed by atoms with van der Waals surface area (Å²) in [6.07, 6.45) is 9.39. The summed E-state index contributed by atoms with van der Waals surface area (Å²) >= 11 is 5.46. The van der Waals surface area contributed by atoms with Crippen LogP contribution < -0.4 is 0 Å². The SMILES string of the molecule is Cc1ccccc1/C=C/CN1CCCCCC1=S. The highest BCUT2D eigenvalue weighted by atomic mass is 32.1. The lowest BCUT2D eigenvalue weighted by Crippen LogP contribution is -2.28. The van der Waals surface area contributed by atoms with Crippen LogP contribution in [0, 0.1) is 6.92 Å². The molecule has 2 heteroatoms. The molecule has 1 saturated heterocycles. The fraction of sp³-hybridized carbons (Fsp3) is 0.438. The van der Waals surface area contributed by atoms with Crippen LogP contribution in [0.3, 0.4) is 0 Å². The Balaban J connectivity index is 1.94.